The van der Waals surface area contributed by atoms with Crippen molar-refractivity contribution in [1.82, 2.24) is 4.31 Å². The zero-order valence-corrected chi connectivity index (χ0v) is 18.3. The monoisotopic (exact) mass is 669 g/mol. The maximum atomic E-state index is 13.9. The second kappa shape index (κ2) is 9.52. The van der Waals surface area contributed by atoms with Crippen molar-refractivity contribution in [1.29, 1.82) is 0 Å². The Balaban J connectivity index is 7.33. The van der Waals surface area contributed by atoms with E-state index in [-0.39, 0.29) is 0 Å². The maximum absolute atomic E-state index is 13.9. The van der Waals surface area contributed by atoms with E-state index in [1.54, 1.807) is 0 Å². The lowest BCUT2D eigenvalue weighted by Gasteiger charge is -2.42. The Morgan fingerprint density at radius 2 is 0.850 bits per heavy atom. The number of nitrogens with zero attached hydrogens (tertiary/aromatic N) is 1. The highest BCUT2D eigenvalue weighted by atomic mass is 32.2. The average molecular weight is 669 g/mol. The summed E-state index contributed by atoms with van der Waals surface area (Å²) in [5, 5.41) is -0.205. The molecule has 0 spiro atoms. The zero-order chi connectivity index (χ0) is 33.3. The molecule has 238 valence electrons. The predicted molar refractivity (Wildman–Crippen MR) is 79.2 cm³/mol. The number of carboxylic acid groups (broad SMARTS) is 1. The first-order valence-corrected chi connectivity index (χ1v) is 9.73. The molecule has 0 amide bonds. The van der Waals surface area contributed by atoms with Gasteiger partial charge in [-0.15, -0.1) is 0 Å². The first-order valence-electron chi connectivity index (χ1n) is 8.29. The number of carbonyl (C=O) groups is 1. The Labute approximate surface area is 203 Å². The Kier molecular flexibility index (Phi) is 8.92. The number of aliphatic carboxylic acids is 1. The number of halogens is 21. The van der Waals surface area contributed by atoms with Gasteiger partial charge in [0.15, 0.2) is 5.57 Å². The summed E-state index contributed by atoms with van der Waals surface area (Å²) in [6.45, 7) is 0. The lowest BCUT2D eigenvalue weighted by molar-refractivity contribution is -0.458. The van der Waals surface area contributed by atoms with Gasteiger partial charge in [0.05, 0.1) is 0 Å². The van der Waals surface area contributed by atoms with Crippen molar-refractivity contribution < 1.29 is 111 Å². The molecule has 0 fully saturated rings. The molecule has 0 radical (unpaired) electrons. The van der Waals surface area contributed by atoms with E-state index in [1.165, 1.54) is 0 Å². The van der Waals surface area contributed by atoms with E-state index in [1.807, 2.05) is 0 Å². The first-order chi connectivity index (χ1) is 16.9. The normalized spacial score (nSPS) is 16.6. The standard InChI is InChI=1S/C13H4F21NO4S/c1-35(3(14)2(4(36)37)5(15,16)17)40(38,39)13(33,34)11(28,29)9(24,25)7(20,21)6(18,19)8(22,23)10(26,27)12(30,31)32/h1H3,(H,36,37). The van der Waals surface area contributed by atoms with E-state index < -0.39 is 92.0 Å². The number of hydrogen-bond acceptors (Lipinski definition) is 3. The van der Waals surface area contributed by atoms with Crippen LogP contribution in [0.4, 0.5) is 92.2 Å². The molecule has 0 atom stereocenters. The van der Waals surface area contributed by atoms with Crippen molar-refractivity contribution in [3.8, 4) is 0 Å². The molecule has 0 bridgehead atoms. The number of alkyl halides is 20. The van der Waals surface area contributed by atoms with Crippen molar-refractivity contribution in [2.75, 3.05) is 7.05 Å². The highest BCUT2D eigenvalue weighted by molar-refractivity contribution is 7.90. The Bertz CT molecular complexity index is 1130. The van der Waals surface area contributed by atoms with Crippen LogP contribution in [0.2, 0.25) is 0 Å². The van der Waals surface area contributed by atoms with Crippen LogP contribution in [0.1, 0.15) is 0 Å². The lowest BCUT2D eigenvalue weighted by atomic mass is 9.91. The van der Waals surface area contributed by atoms with Crippen molar-refractivity contribution in [2.24, 2.45) is 0 Å². The molecule has 40 heavy (non-hydrogen) atoms. The molecule has 0 saturated carbocycles. The highest BCUT2D eigenvalue weighted by Crippen LogP contribution is 2.64. The number of sulfonamides is 1. The van der Waals surface area contributed by atoms with E-state index in [0.717, 1.165) is 0 Å². The van der Waals surface area contributed by atoms with Crippen LogP contribution >= 0.6 is 0 Å². The van der Waals surface area contributed by atoms with E-state index in [9.17, 15) is 105 Å². The van der Waals surface area contributed by atoms with Crippen LogP contribution in [0, 0.1) is 0 Å². The van der Waals surface area contributed by atoms with E-state index in [0.29, 0.717) is 0 Å². The second-order valence-electron chi connectivity index (χ2n) is 6.90. The van der Waals surface area contributed by atoms with E-state index >= 15 is 0 Å². The van der Waals surface area contributed by atoms with Gasteiger partial charge in [0.2, 0.25) is 5.95 Å². The van der Waals surface area contributed by atoms with Crippen LogP contribution in [0.25, 0.3) is 0 Å². The van der Waals surface area contributed by atoms with Gasteiger partial charge in [0.1, 0.15) is 0 Å². The summed E-state index contributed by atoms with van der Waals surface area (Å²) in [6.07, 6.45) is -14.7. The molecule has 0 aliphatic rings. The number of rotatable bonds is 10. The lowest BCUT2D eigenvalue weighted by Crippen LogP contribution is -2.75. The third kappa shape index (κ3) is 4.83. The van der Waals surface area contributed by atoms with Crippen molar-refractivity contribution >= 4 is 16.0 Å². The van der Waals surface area contributed by atoms with Gasteiger partial charge < -0.3 is 5.11 Å². The van der Waals surface area contributed by atoms with Crippen molar-refractivity contribution in [2.45, 2.75) is 53.1 Å². The molecule has 0 saturated heterocycles. The summed E-state index contributed by atoms with van der Waals surface area (Å²) in [5.41, 5.74) is -3.89. The highest BCUT2D eigenvalue weighted by Gasteiger charge is 2.96. The van der Waals surface area contributed by atoms with Crippen molar-refractivity contribution in [3.63, 3.8) is 0 Å². The van der Waals surface area contributed by atoms with Crippen LogP contribution in [-0.4, -0.2) is 84.0 Å². The molecule has 0 aromatic rings. The fraction of sp³-hybridized carbons (Fsp3) is 0.769. The average Bonchev–Trinajstić information content (AvgIpc) is 2.69. The number of hydrogen-bond donors (Lipinski definition) is 1. The van der Waals surface area contributed by atoms with Crippen LogP contribution in [0.5, 0.6) is 0 Å². The van der Waals surface area contributed by atoms with Gasteiger partial charge in [-0.25, -0.2) is 9.10 Å². The third-order valence-electron chi connectivity index (χ3n) is 4.36. The van der Waals surface area contributed by atoms with E-state index in [2.05, 4.69) is 0 Å². The SMILES string of the molecule is CN(C(F)=C(C(=O)O)C(F)(F)F)S(=O)(=O)C(F)(F)C(F)(F)C(F)(F)C(F)(F)C(F)(F)C(F)(F)C(F)(F)C(F)(F)F. The second-order valence-corrected chi connectivity index (χ2v) is 8.91. The summed E-state index contributed by atoms with van der Waals surface area (Å²) in [7, 11) is -9.65. The third-order valence-corrected chi connectivity index (χ3v) is 6.14. The molecular formula is C13H4F21NO4S. The molecule has 0 aliphatic heterocycles. The largest absolute Gasteiger partial charge is 0.478 e. The smallest absolute Gasteiger partial charge is 0.460 e. The van der Waals surface area contributed by atoms with Crippen LogP contribution in [-0.2, 0) is 14.8 Å². The predicted octanol–water partition coefficient (Wildman–Crippen LogP) is 6.04. The van der Waals surface area contributed by atoms with Gasteiger partial charge in [0.25, 0.3) is 0 Å². The van der Waals surface area contributed by atoms with E-state index in [4.69, 9.17) is 5.11 Å². The molecule has 27 heteroatoms. The Morgan fingerprint density at radius 1 is 0.575 bits per heavy atom. The minimum absolute atomic E-state index is 1.12. The van der Waals surface area contributed by atoms with Gasteiger partial charge in [-0.3, -0.25) is 0 Å². The van der Waals surface area contributed by atoms with Crippen LogP contribution in [0.15, 0.2) is 11.5 Å². The van der Waals surface area contributed by atoms with Gasteiger partial charge in [-0.2, -0.15) is 101 Å². The van der Waals surface area contributed by atoms with Crippen LogP contribution < -0.4 is 0 Å². The molecule has 1 N–H and O–H groups in total. The fourth-order valence-corrected chi connectivity index (χ4v) is 3.17. The van der Waals surface area contributed by atoms with Crippen LogP contribution in [0.3, 0.4) is 0 Å². The molecule has 0 rings (SSSR count). The molecule has 0 aliphatic carbocycles. The summed E-state index contributed by atoms with van der Waals surface area (Å²) in [5.74, 6) is -61.7. The maximum Gasteiger partial charge on any atom is 0.460 e. The first kappa shape index (κ1) is 37.5. The van der Waals surface area contributed by atoms with Crippen molar-refractivity contribution in [3.05, 3.63) is 11.5 Å². The molecule has 0 aromatic heterocycles. The molecule has 0 unspecified atom stereocenters. The zero-order valence-electron chi connectivity index (χ0n) is 17.5. The summed E-state index contributed by atoms with van der Waals surface area (Å²) in [6, 6.07) is 0. The Hall–Kier alpha value is -2.51. The topological polar surface area (TPSA) is 74.7 Å². The number of carboxylic acids is 1. The Morgan fingerprint density at radius 3 is 1.10 bits per heavy atom. The quantitative estimate of drug-likeness (QED) is 0.175. The summed E-state index contributed by atoms with van der Waals surface area (Å²) >= 11 is 0. The fourth-order valence-electron chi connectivity index (χ4n) is 2.07. The molecule has 5 nitrogen and oxygen atoms in total. The minimum Gasteiger partial charge on any atom is -0.478 e. The minimum atomic E-state index is -9.23. The van der Waals surface area contributed by atoms with Gasteiger partial charge in [0, 0.05) is 7.05 Å². The molecular weight excluding hydrogens is 665 g/mol. The summed E-state index contributed by atoms with van der Waals surface area (Å²) < 4.78 is 296. The van der Waals surface area contributed by atoms with Gasteiger partial charge in [-0.05, 0) is 0 Å². The summed E-state index contributed by atoms with van der Waals surface area (Å²) in [4.78, 5) is 10.4. The van der Waals surface area contributed by atoms with Gasteiger partial charge in [-0.1, -0.05) is 0 Å². The molecule has 0 heterocycles. The van der Waals surface area contributed by atoms with Gasteiger partial charge >= 0.3 is 69.1 Å². The molecule has 0 aromatic carbocycles.